The first-order chi connectivity index (χ1) is 14.1. The van der Waals surface area contributed by atoms with Crippen LogP contribution in [0.15, 0.2) is 24.3 Å². The number of hydrogen-bond donors (Lipinski definition) is 2. The summed E-state index contributed by atoms with van der Waals surface area (Å²) in [6.45, 7) is 8.32. The lowest BCUT2D eigenvalue weighted by Crippen LogP contribution is -2.41. The van der Waals surface area contributed by atoms with Gasteiger partial charge in [0.1, 0.15) is 5.54 Å². The molecule has 1 saturated heterocycles. The molecule has 1 aliphatic heterocycles. The lowest BCUT2D eigenvalue weighted by molar-refractivity contribution is -0.130. The van der Waals surface area contributed by atoms with Crippen LogP contribution < -0.4 is 5.32 Å². The third-order valence-corrected chi connectivity index (χ3v) is 5.40. The molecule has 3 rings (SSSR count). The minimum absolute atomic E-state index is 0.181. The molecule has 0 unspecified atom stereocenters. The zero-order chi connectivity index (χ0) is 22.2. The molecule has 0 aliphatic carbocycles. The van der Waals surface area contributed by atoms with Gasteiger partial charge < -0.3 is 15.0 Å². The first kappa shape index (κ1) is 21.3. The summed E-state index contributed by atoms with van der Waals surface area (Å²) >= 11 is 0. The number of aromatic nitrogens is 1. The highest BCUT2D eigenvalue weighted by Crippen LogP contribution is 2.29. The fourth-order valence-corrected chi connectivity index (χ4v) is 3.68. The Morgan fingerprint density at radius 2 is 1.73 bits per heavy atom. The van der Waals surface area contributed by atoms with E-state index in [0.29, 0.717) is 22.4 Å². The van der Waals surface area contributed by atoms with E-state index in [1.165, 1.54) is 0 Å². The Balaban J connectivity index is 1.85. The van der Waals surface area contributed by atoms with Gasteiger partial charge in [-0.2, -0.15) is 0 Å². The number of rotatable bonds is 6. The number of H-pyrrole nitrogens is 1. The van der Waals surface area contributed by atoms with Gasteiger partial charge in [0.15, 0.2) is 5.78 Å². The molecule has 3 amide bonds. The first-order valence-corrected chi connectivity index (χ1v) is 9.70. The van der Waals surface area contributed by atoms with E-state index in [2.05, 4.69) is 10.3 Å². The van der Waals surface area contributed by atoms with Crippen molar-refractivity contribution in [3.05, 3.63) is 57.9 Å². The van der Waals surface area contributed by atoms with Gasteiger partial charge in [-0.15, -0.1) is 0 Å². The fraction of sp³-hybridized carbons (Fsp3) is 0.364. The number of hydrogen-bond acceptors (Lipinski definition) is 5. The Bertz CT molecular complexity index is 1040. The van der Waals surface area contributed by atoms with Crippen LogP contribution in [-0.4, -0.2) is 46.7 Å². The summed E-state index contributed by atoms with van der Waals surface area (Å²) in [6, 6.07) is 6.64. The van der Waals surface area contributed by atoms with Gasteiger partial charge >= 0.3 is 12.0 Å². The van der Waals surface area contributed by atoms with Crippen molar-refractivity contribution in [3.63, 3.8) is 0 Å². The number of Topliss-reactive ketones (excluding diaryl/α,β-unsaturated/α-hetero) is 1. The SMILES string of the molecule is CCOC(=O)c1c(C)[nH]c(C(=O)CN2C(=O)N[C@@](C)(c3ccc(C)cc3)C2=O)c1C. The van der Waals surface area contributed by atoms with Crippen molar-refractivity contribution in [2.75, 3.05) is 13.2 Å². The van der Waals surface area contributed by atoms with Crippen molar-refractivity contribution in [2.24, 2.45) is 0 Å². The van der Waals surface area contributed by atoms with Gasteiger partial charge in [-0.3, -0.25) is 14.5 Å². The van der Waals surface area contributed by atoms with E-state index >= 15 is 0 Å². The maximum atomic E-state index is 13.0. The van der Waals surface area contributed by atoms with Crippen LogP contribution in [0, 0.1) is 20.8 Å². The van der Waals surface area contributed by atoms with Crippen LogP contribution in [0.5, 0.6) is 0 Å². The van der Waals surface area contributed by atoms with Gasteiger partial charge in [0, 0.05) is 5.69 Å². The number of nitrogens with zero attached hydrogens (tertiary/aromatic N) is 1. The van der Waals surface area contributed by atoms with Gasteiger partial charge in [0.2, 0.25) is 0 Å². The molecule has 8 nitrogen and oxygen atoms in total. The summed E-state index contributed by atoms with van der Waals surface area (Å²) in [5.74, 6) is -1.50. The van der Waals surface area contributed by atoms with Gasteiger partial charge in [0.05, 0.1) is 24.4 Å². The smallest absolute Gasteiger partial charge is 0.340 e. The molecule has 8 heteroatoms. The largest absolute Gasteiger partial charge is 0.462 e. The number of urea groups is 1. The number of amides is 3. The molecule has 158 valence electrons. The summed E-state index contributed by atoms with van der Waals surface area (Å²) in [7, 11) is 0. The number of nitrogens with one attached hydrogen (secondary N) is 2. The molecule has 1 atom stereocenters. The van der Waals surface area contributed by atoms with Crippen molar-refractivity contribution in [2.45, 2.75) is 40.2 Å². The summed E-state index contributed by atoms with van der Waals surface area (Å²) in [6.07, 6.45) is 0. The summed E-state index contributed by atoms with van der Waals surface area (Å²) < 4.78 is 5.04. The number of carbonyl (C=O) groups excluding carboxylic acids is 4. The van der Waals surface area contributed by atoms with Crippen molar-refractivity contribution in [1.29, 1.82) is 0 Å². The van der Waals surface area contributed by atoms with Crippen LogP contribution in [0.4, 0.5) is 4.79 Å². The van der Waals surface area contributed by atoms with E-state index in [0.717, 1.165) is 10.5 Å². The zero-order valence-electron chi connectivity index (χ0n) is 17.7. The van der Waals surface area contributed by atoms with E-state index < -0.39 is 35.8 Å². The highest BCUT2D eigenvalue weighted by molar-refractivity contribution is 6.11. The Morgan fingerprint density at radius 1 is 1.10 bits per heavy atom. The minimum Gasteiger partial charge on any atom is -0.462 e. The van der Waals surface area contributed by atoms with Crippen LogP contribution in [0.25, 0.3) is 0 Å². The number of imide groups is 1. The third kappa shape index (κ3) is 3.49. The number of carbonyl (C=O) groups is 4. The second-order valence-electron chi connectivity index (χ2n) is 7.58. The Hall–Kier alpha value is -3.42. The highest BCUT2D eigenvalue weighted by atomic mass is 16.5. The van der Waals surface area contributed by atoms with Crippen molar-refractivity contribution in [3.8, 4) is 0 Å². The molecule has 1 aliphatic rings. The van der Waals surface area contributed by atoms with E-state index in [1.54, 1.807) is 39.8 Å². The second kappa shape index (κ2) is 7.78. The maximum Gasteiger partial charge on any atom is 0.340 e. The number of benzene rings is 1. The van der Waals surface area contributed by atoms with Crippen LogP contribution in [0.2, 0.25) is 0 Å². The topological polar surface area (TPSA) is 109 Å². The molecule has 1 aromatic carbocycles. The lowest BCUT2D eigenvalue weighted by atomic mass is 9.91. The van der Waals surface area contributed by atoms with Gasteiger partial charge in [-0.25, -0.2) is 9.59 Å². The van der Waals surface area contributed by atoms with Crippen molar-refractivity contribution >= 4 is 23.7 Å². The number of aromatic amines is 1. The highest BCUT2D eigenvalue weighted by Gasteiger charge is 2.49. The maximum absolute atomic E-state index is 13.0. The molecule has 2 aromatic rings. The molecular formula is C22H25N3O5. The predicted octanol–water partition coefficient (Wildman–Crippen LogP) is 2.77. The monoisotopic (exact) mass is 411 g/mol. The number of ketones is 1. The Morgan fingerprint density at radius 3 is 2.33 bits per heavy atom. The first-order valence-electron chi connectivity index (χ1n) is 9.70. The molecule has 0 saturated carbocycles. The molecular weight excluding hydrogens is 386 g/mol. The number of esters is 1. The van der Waals surface area contributed by atoms with Crippen LogP contribution in [-0.2, 0) is 15.1 Å². The van der Waals surface area contributed by atoms with E-state index in [1.807, 2.05) is 19.1 Å². The summed E-state index contributed by atoms with van der Waals surface area (Å²) in [5.41, 5.74) is 1.82. The zero-order valence-corrected chi connectivity index (χ0v) is 17.7. The Labute approximate surface area is 174 Å². The van der Waals surface area contributed by atoms with E-state index in [4.69, 9.17) is 4.74 Å². The quantitative estimate of drug-likeness (QED) is 0.432. The molecule has 0 spiro atoms. The molecule has 0 radical (unpaired) electrons. The molecule has 30 heavy (non-hydrogen) atoms. The van der Waals surface area contributed by atoms with Gasteiger partial charge in [-0.1, -0.05) is 29.8 Å². The second-order valence-corrected chi connectivity index (χ2v) is 7.58. The van der Waals surface area contributed by atoms with Gasteiger partial charge in [-0.05, 0) is 45.7 Å². The number of aryl methyl sites for hydroxylation is 2. The van der Waals surface area contributed by atoms with E-state index in [-0.39, 0.29) is 12.3 Å². The molecule has 2 N–H and O–H groups in total. The van der Waals surface area contributed by atoms with Crippen LogP contribution in [0.3, 0.4) is 0 Å². The van der Waals surface area contributed by atoms with Crippen LogP contribution >= 0.6 is 0 Å². The Kier molecular flexibility index (Phi) is 5.52. The normalized spacial score (nSPS) is 18.5. The average molecular weight is 411 g/mol. The molecule has 2 heterocycles. The standard InChI is InChI=1S/C22H25N3O5/c1-6-30-19(27)17-13(3)18(23-14(17)4)16(26)11-25-20(28)22(5,24-21(25)29)15-9-7-12(2)8-10-15/h7-10,23H,6,11H2,1-5H3,(H,24,29)/t22-/m0/s1. The van der Waals surface area contributed by atoms with Crippen molar-refractivity contribution < 1.29 is 23.9 Å². The summed E-state index contributed by atoms with van der Waals surface area (Å²) in [5, 5.41) is 2.69. The fourth-order valence-electron chi connectivity index (χ4n) is 3.68. The molecule has 1 fully saturated rings. The third-order valence-electron chi connectivity index (χ3n) is 5.40. The average Bonchev–Trinajstić information content (AvgIpc) is 3.10. The molecule has 0 bridgehead atoms. The van der Waals surface area contributed by atoms with Gasteiger partial charge in [0.25, 0.3) is 5.91 Å². The van der Waals surface area contributed by atoms with Crippen molar-refractivity contribution in [1.82, 2.24) is 15.2 Å². The summed E-state index contributed by atoms with van der Waals surface area (Å²) in [4.78, 5) is 54.4. The minimum atomic E-state index is -1.25. The lowest BCUT2D eigenvalue weighted by Gasteiger charge is -2.22. The van der Waals surface area contributed by atoms with E-state index in [9.17, 15) is 19.2 Å². The van der Waals surface area contributed by atoms with Crippen LogP contribution in [0.1, 0.15) is 57.1 Å². The number of ether oxygens (including phenoxy) is 1. The molecule has 1 aromatic heterocycles. The predicted molar refractivity (Wildman–Crippen MR) is 109 cm³/mol.